The van der Waals surface area contributed by atoms with Gasteiger partial charge in [0.15, 0.2) is 11.6 Å². The number of ketones is 2. The van der Waals surface area contributed by atoms with Crippen LogP contribution in [0, 0.1) is 5.82 Å². The summed E-state index contributed by atoms with van der Waals surface area (Å²) in [5, 5.41) is 10.3. The fourth-order valence-corrected chi connectivity index (χ4v) is 3.48. The number of rotatable bonds is 8. The summed E-state index contributed by atoms with van der Waals surface area (Å²) in [7, 11) is 0. The summed E-state index contributed by atoms with van der Waals surface area (Å²) in [5.74, 6) is 0.0559. The minimum absolute atomic E-state index is 0.00426. The fraction of sp³-hybridized carbons (Fsp3) is 0.391. The summed E-state index contributed by atoms with van der Waals surface area (Å²) >= 11 is 0. The molecular formula is C23H27FN2O4. The SMILES string of the molecule is CC(=O)c1ccc(OCC(O)CN2CCN(c3ccc(C(C)=O)cc3F)CC2)cc1. The minimum atomic E-state index is -0.657. The van der Waals surface area contributed by atoms with E-state index in [1.54, 1.807) is 36.4 Å². The molecule has 1 heterocycles. The number of β-amino-alcohol motifs (C(OH)–C–C–N with tert-alkyl or cyclic N) is 1. The Hall–Kier alpha value is -2.77. The van der Waals surface area contributed by atoms with E-state index < -0.39 is 6.10 Å². The molecule has 0 bridgehead atoms. The highest BCUT2D eigenvalue weighted by molar-refractivity contribution is 5.94. The number of anilines is 1. The molecular weight excluding hydrogens is 387 g/mol. The second-order valence-corrected chi connectivity index (χ2v) is 7.56. The van der Waals surface area contributed by atoms with Gasteiger partial charge in [-0.3, -0.25) is 14.5 Å². The van der Waals surface area contributed by atoms with Crippen molar-refractivity contribution in [1.29, 1.82) is 0 Å². The molecule has 0 amide bonds. The van der Waals surface area contributed by atoms with Crippen molar-refractivity contribution < 1.29 is 23.8 Å². The lowest BCUT2D eigenvalue weighted by Crippen LogP contribution is -2.49. The number of halogens is 1. The zero-order valence-corrected chi connectivity index (χ0v) is 17.3. The molecule has 3 rings (SSSR count). The molecule has 0 spiro atoms. The summed E-state index contributed by atoms with van der Waals surface area (Å²) in [6.07, 6.45) is -0.657. The van der Waals surface area contributed by atoms with E-state index in [9.17, 15) is 19.1 Å². The van der Waals surface area contributed by atoms with Gasteiger partial charge in [-0.05, 0) is 56.3 Å². The molecule has 0 saturated carbocycles. The van der Waals surface area contributed by atoms with Gasteiger partial charge >= 0.3 is 0 Å². The molecule has 0 aliphatic carbocycles. The highest BCUT2D eigenvalue weighted by Crippen LogP contribution is 2.22. The summed E-state index contributed by atoms with van der Waals surface area (Å²) < 4.78 is 20.0. The number of piperazine rings is 1. The van der Waals surface area contributed by atoms with Gasteiger partial charge in [0.25, 0.3) is 0 Å². The van der Waals surface area contributed by atoms with Crippen LogP contribution in [0.3, 0.4) is 0 Å². The van der Waals surface area contributed by atoms with Gasteiger partial charge in [0.2, 0.25) is 0 Å². The van der Waals surface area contributed by atoms with Gasteiger partial charge < -0.3 is 14.7 Å². The summed E-state index contributed by atoms with van der Waals surface area (Å²) in [5.41, 5.74) is 1.49. The standard InChI is InChI=1S/C23H27FN2O4/c1-16(27)18-3-6-21(7-4-18)30-15-20(29)14-25-9-11-26(12-10-25)23-8-5-19(17(2)28)13-22(23)24/h3-8,13,20,29H,9-12,14-15H2,1-2H3. The maximum Gasteiger partial charge on any atom is 0.159 e. The average molecular weight is 414 g/mol. The molecule has 1 atom stereocenters. The van der Waals surface area contributed by atoms with Crippen LogP contribution in [0.4, 0.5) is 10.1 Å². The van der Waals surface area contributed by atoms with Crippen molar-refractivity contribution in [1.82, 2.24) is 4.90 Å². The van der Waals surface area contributed by atoms with Crippen LogP contribution in [0.2, 0.25) is 0 Å². The largest absolute Gasteiger partial charge is 0.491 e. The minimum Gasteiger partial charge on any atom is -0.491 e. The molecule has 6 nitrogen and oxygen atoms in total. The third kappa shape index (κ3) is 5.64. The molecule has 30 heavy (non-hydrogen) atoms. The molecule has 1 unspecified atom stereocenters. The smallest absolute Gasteiger partial charge is 0.159 e. The molecule has 1 aliphatic rings. The van der Waals surface area contributed by atoms with Crippen molar-refractivity contribution >= 4 is 17.3 Å². The van der Waals surface area contributed by atoms with Gasteiger partial charge in [0.05, 0.1) is 5.69 Å². The van der Waals surface area contributed by atoms with Crippen LogP contribution in [-0.2, 0) is 0 Å². The maximum atomic E-state index is 14.4. The predicted molar refractivity (Wildman–Crippen MR) is 113 cm³/mol. The number of carbonyl (C=O) groups is 2. The van der Waals surface area contributed by atoms with Gasteiger partial charge in [0, 0.05) is 43.9 Å². The summed E-state index contributed by atoms with van der Waals surface area (Å²) in [6.45, 7) is 6.20. The van der Waals surface area contributed by atoms with Crippen LogP contribution in [0.15, 0.2) is 42.5 Å². The summed E-state index contributed by atoms with van der Waals surface area (Å²) in [6, 6.07) is 11.4. The number of ether oxygens (including phenoxy) is 1. The normalized spacial score (nSPS) is 15.7. The van der Waals surface area contributed by atoms with Crippen molar-refractivity contribution in [3.8, 4) is 5.75 Å². The van der Waals surface area contributed by atoms with Crippen LogP contribution in [-0.4, -0.2) is 67.0 Å². The number of aliphatic hydroxyl groups excluding tert-OH is 1. The molecule has 2 aromatic rings. The molecule has 2 aromatic carbocycles. The van der Waals surface area contributed by atoms with E-state index in [1.165, 1.54) is 19.9 Å². The average Bonchev–Trinajstić information content (AvgIpc) is 2.73. The molecule has 1 saturated heterocycles. The first-order chi connectivity index (χ1) is 14.3. The van der Waals surface area contributed by atoms with E-state index in [-0.39, 0.29) is 24.0 Å². The topological polar surface area (TPSA) is 70.1 Å². The van der Waals surface area contributed by atoms with Gasteiger partial charge in [0.1, 0.15) is 24.3 Å². The Bertz CT molecular complexity index is 893. The maximum absolute atomic E-state index is 14.4. The highest BCUT2D eigenvalue weighted by atomic mass is 19.1. The van der Waals surface area contributed by atoms with Crippen molar-refractivity contribution in [2.75, 3.05) is 44.2 Å². The number of hydrogen-bond acceptors (Lipinski definition) is 6. The molecule has 1 N–H and O–H groups in total. The number of benzene rings is 2. The Morgan fingerprint density at radius 2 is 1.60 bits per heavy atom. The van der Waals surface area contributed by atoms with Crippen LogP contribution < -0.4 is 9.64 Å². The van der Waals surface area contributed by atoms with Gasteiger partial charge in [-0.2, -0.15) is 0 Å². The Labute approximate surface area is 175 Å². The highest BCUT2D eigenvalue weighted by Gasteiger charge is 2.22. The first-order valence-electron chi connectivity index (χ1n) is 10.0. The monoisotopic (exact) mass is 414 g/mol. The Balaban J connectivity index is 1.45. The van der Waals surface area contributed by atoms with Crippen LogP contribution in [0.5, 0.6) is 5.75 Å². The Morgan fingerprint density at radius 3 is 2.17 bits per heavy atom. The van der Waals surface area contributed by atoms with Crippen molar-refractivity contribution in [3.05, 3.63) is 59.4 Å². The van der Waals surface area contributed by atoms with E-state index in [0.717, 1.165) is 0 Å². The number of hydrogen-bond donors (Lipinski definition) is 1. The Kier molecular flexibility index (Phi) is 7.18. The van der Waals surface area contributed by atoms with E-state index in [4.69, 9.17) is 4.74 Å². The van der Waals surface area contributed by atoms with Crippen LogP contribution in [0.1, 0.15) is 34.6 Å². The zero-order chi connectivity index (χ0) is 21.7. The number of Topliss-reactive ketones (excluding diaryl/α,β-unsaturated/α-hetero) is 2. The number of aliphatic hydroxyl groups is 1. The lowest BCUT2D eigenvalue weighted by Gasteiger charge is -2.37. The van der Waals surface area contributed by atoms with Crippen molar-refractivity contribution in [3.63, 3.8) is 0 Å². The fourth-order valence-electron chi connectivity index (χ4n) is 3.48. The van der Waals surface area contributed by atoms with Gasteiger partial charge in [-0.1, -0.05) is 0 Å². The lowest BCUT2D eigenvalue weighted by molar-refractivity contribution is 0.0662. The molecule has 1 aliphatic heterocycles. The van der Waals surface area contributed by atoms with E-state index in [0.29, 0.717) is 55.3 Å². The molecule has 7 heteroatoms. The van der Waals surface area contributed by atoms with Gasteiger partial charge in [-0.25, -0.2) is 4.39 Å². The first kappa shape index (κ1) is 21.9. The zero-order valence-electron chi connectivity index (χ0n) is 17.3. The molecule has 0 radical (unpaired) electrons. The lowest BCUT2D eigenvalue weighted by atomic mass is 10.1. The van der Waals surface area contributed by atoms with E-state index in [2.05, 4.69) is 4.90 Å². The molecule has 1 fully saturated rings. The van der Waals surface area contributed by atoms with Crippen LogP contribution >= 0.6 is 0 Å². The summed E-state index contributed by atoms with van der Waals surface area (Å²) in [4.78, 5) is 26.7. The van der Waals surface area contributed by atoms with E-state index >= 15 is 0 Å². The second-order valence-electron chi connectivity index (χ2n) is 7.56. The third-order valence-electron chi connectivity index (χ3n) is 5.24. The third-order valence-corrected chi connectivity index (χ3v) is 5.24. The molecule has 0 aromatic heterocycles. The second kappa shape index (κ2) is 9.82. The quantitative estimate of drug-likeness (QED) is 0.670. The predicted octanol–water partition coefficient (Wildman–Crippen LogP) is 2.79. The van der Waals surface area contributed by atoms with Crippen molar-refractivity contribution in [2.24, 2.45) is 0 Å². The van der Waals surface area contributed by atoms with Crippen molar-refractivity contribution in [2.45, 2.75) is 20.0 Å². The Morgan fingerprint density at radius 1 is 1.00 bits per heavy atom. The van der Waals surface area contributed by atoms with E-state index in [1.807, 2.05) is 4.90 Å². The van der Waals surface area contributed by atoms with Gasteiger partial charge in [-0.15, -0.1) is 0 Å². The van der Waals surface area contributed by atoms with Crippen LogP contribution in [0.25, 0.3) is 0 Å². The first-order valence-corrected chi connectivity index (χ1v) is 10.0. The molecule has 160 valence electrons. The number of nitrogens with zero attached hydrogens (tertiary/aromatic N) is 2. The number of carbonyl (C=O) groups excluding carboxylic acids is 2.